The predicted molar refractivity (Wildman–Crippen MR) is 95.2 cm³/mol. The first-order chi connectivity index (χ1) is 12.1. The van der Waals surface area contributed by atoms with Crippen molar-refractivity contribution in [3.8, 4) is 10.8 Å². The van der Waals surface area contributed by atoms with E-state index in [1.54, 1.807) is 36.4 Å². The van der Waals surface area contributed by atoms with Crippen LogP contribution in [0.4, 0.5) is 0 Å². The number of nitrogens with zero attached hydrogens (tertiary/aromatic N) is 2. The van der Waals surface area contributed by atoms with Crippen LogP contribution in [0.25, 0.3) is 21.9 Å². The summed E-state index contributed by atoms with van der Waals surface area (Å²) in [6.45, 7) is 1.92. The number of benzene rings is 2. The van der Waals surface area contributed by atoms with Crippen LogP contribution in [0.1, 0.15) is 37.5 Å². The van der Waals surface area contributed by atoms with E-state index in [1.165, 1.54) is 11.3 Å². The van der Waals surface area contributed by atoms with Gasteiger partial charge in [-0.25, -0.2) is 9.97 Å². The van der Waals surface area contributed by atoms with Gasteiger partial charge in [0.25, 0.3) is 0 Å². The predicted octanol–water partition coefficient (Wildman–Crippen LogP) is 3.77. The van der Waals surface area contributed by atoms with Gasteiger partial charge in [-0.2, -0.15) is 0 Å². The van der Waals surface area contributed by atoms with Crippen molar-refractivity contribution >= 4 is 33.9 Å². The molecule has 0 aliphatic heterocycles. The van der Waals surface area contributed by atoms with E-state index in [0.717, 1.165) is 16.2 Å². The number of imidazole rings is 1. The number of rotatable bonds is 1. The van der Waals surface area contributed by atoms with E-state index in [4.69, 9.17) is 0 Å². The Morgan fingerprint density at radius 1 is 0.920 bits per heavy atom. The first-order valence-electron chi connectivity index (χ1n) is 7.77. The lowest BCUT2D eigenvalue weighted by molar-refractivity contribution is 0.0980. The molecule has 2 aromatic heterocycles. The Labute approximate surface area is 146 Å². The minimum Gasteiger partial charge on any atom is -0.336 e. The lowest BCUT2D eigenvalue weighted by Gasteiger charge is -2.17. The van der Waals surface area contributed by atoms with Crippen molar-refractivity contribution in [3.05, 3.63) is 69.7 Å². The molecule has 0 radical (unpaired) electrons. The quantitative estimate of drug-likeness (QED) is 0.502. The highest BCUT2D eigenvalue weighted by molar-refractivity contribution is 7.13. The van der Waals surface area contributed by atoms with Crippen molar-refractivity contribution in [2.24, 2.45) is 0 Å². The van der Waals surface area contributed by atoms with Crippen LogP contribution < -0.4 is 0 Å². The number of aryl methyl sites for hydroxylation is 1. The Morgan fingerprint density at radius 3 is 2.40 bits per heavy atom. The lowest BCUT2D eigenvalue weighted by Crippen LogP contribution is -2.21. The largest absolute Gasteiger partial charge is 0.336 e. The number of thiazole rings is 1. The summed E-state index contributed by atoms with van der Waals surface area (Å²) in [5, 5.41) is 2.71. The minimum absolute atomic E-state index is 0.137. The van der Waals surface area contributed by atoms with E-state index < -0.39 is 0 Å². The third-order valence-electron chi connectivity index (χ3n) is 4.36. The molecule has 2 heterocycles. The summed E-state index contributed by atoms with van der Waals surface area (Å²) >= 11 is 1.49. The number of fused-ring (bicyclic) bond motifs is 4. The van der Waals surface area contributed by atoms with E-state index in [9.17, 15) is 9.59 Å². The van der Waals surface area contributed by atoms with Crippen LogP contribution >= 0.6 is 11.3 Å². The zero-order valence-electron chi connectivity index (χ0n) is 13.2. The van der Waals surface area contributed by atoms with Crippen LogP contribution in [0.15, 0.2) is 41.8 Å². The Balaban J connectivity index is 1.78. The average Bonchev–Trinajstić information content (AvgIpc) is 3.24. The number of aromatic nitrogens is 3. The number of nitrogens with one attached hydrogen (secondary N) is 1. The second-order valence-electron chi connectivity index (χ2n) is 5.97. The first kappa shape index (κ1) is 14.2. The molecule has 0 bridgehead atoms. The Morgan fingerprint density at radius 2 is 1.68 bits per heavy atom. The van der Waals surface area contributed by atoms with Crippen LogP contribution in [0.3, 0.4) is 0 Å². The molecule has 0 saturated carbocycles. The lowest BCUT2D eigenvalue weighted by atomic mass is 9.83. The smallest absolute Gasteiger partial charge is 0.196 e. The molecular formula is C19H11N3O2S. The topological polar surface area (TPSA) is 75.7 Å². The van der Waals surface area contributed by atoms with E-state index in [0.29, 0.717) is 33.6 Å². The van der Waals surface area contributed by atoms with Gasteiger partial charge in [0.2, 0.25) is 0 Å². The van der Waals surface area contributed by atoms with Crippen LogP contribution in [0.5, 0.6) is 0 Å². The van der Waals surface area contributed by atoms with Gasteiger partial charge in [0.05, 0.1) is 11.1 Å². The Bertz CT molecular complexity index is 1200. The highest BCUT2D eigenvalue weighted by Gasteiger charge is 2.32. The zero-order chi connectivity index (χ0) is 17.1. The molecule has 1 aliphatic carbocycles. The van der Waals surface area contributed by atoms with Gasteiger partial charge in [-0.15, -0.1) is 11.3 Å². The molecule has 5 rings (SSSR count). The van der Waals surface area contributed by atoms with Crippen molar-refractivity contribution in [1.29, 1.82) is 0 Å². The Hall–Kier alpha value is -3.12. The van der Waals surface area contributed by atoms with Crippen LogP contribution in [-0.4, -0.2) is 26.5 Å². The molecule has 5 nitrogen and oxygen atoms in total. The maximum absolute atomic E-state index is 13.0. The van der Waals surface area contributed by atoms with Gasteiger partial charge in [-0.1, -0.05) is 24.3 Å². The van der Waals surface area contributed by atoms with Crippen LogP contribution in [-0.2, 0) is 0 Å². The fourth-order valence-electron chi connectivity index (χ4n) is 3.22. The summed E-state index contributed by atoms with van der Waals surface area (Å²) in [6.07, 6.45) is 0. The normalized spacial score (nSPS) is 13.2. The van der Waals surface area contributed by atoms with Crippen molar-refractivity contribution in [2.75, 3.05) is 0 Å². The third-order valence-corrected chi connectivity index (χ3v) is 5.33. The minimum atomic E-state index is -0.163. The standard InChI is InChI=1S/C19H11N3O2S/c1-9-8-25-19(20-9)18-21-13-7-6-12-14(15(13)22-18)17(24)11-5-3-2-4-10(11)16(12)23/h2-8H,1H3,(H,21,22). The zero-order valence-corrected chi connectivity index (χ0v) is 14.0. The van der Waals surface area contributed by atoms with Gasteiger partial charge in [0.1, 0.15) is 5.52 Å². The number of hydrogen-bond donors (Lipinski definition) is 1. The molecule has 6 heteroatoms. The molecule has 0 amide bonds. The van der Waals surface area contributed by atoms with Gasteiger partial charge >= 0.3 is 0 Å². The second kappa shape index (κ2) is 4.94. The monoisotopic (exact) mass is 345 g/mol. The van der Waals surface area contributed by atoms with Gasteiger partial charge in [0.15, 0.2) is 22.4 Å². The van der Waals surface area contributed by atoms with Crippen LogP contribution in [0, 0.1) is 6.92 Å². The number of aromatic amines is 1. The average molecular weight is 345 g/mol. The van der Waals surface area contributed by atoms with Crippen LogP contribution in [0.2, 0.25) is 0 Å². The second-order valence-corrected chi connectivity index (χ2v) is 6.83. The molecule has 4 aromatic rings. The molecular weight excluding hydrogens is 334 g/mol. The maximum atomic E-state index is 13.0. The van der Waals surface area contributed by atoms with Crippen molar-refractivity contribution in [2.45, 2.75) is 6.92 Å². The van der Waals surface area contributed by atoms with E-state index >= 15 is 0 Å². The summed E-state index contributed by atoms with van der Waals surface area (Å²) in [6, 6.07) is 10.4. The third kappa shape index (κ3) is 1.94. The summed E-state index contributed by atoms with van der Waals surface area (Å²) in [5.41, 5.74) is 3.83. The van der Waals surface area contributed by atoms with Crippen molar-refractivity contribution in [1.82, 2.24) is 15.0 Å². The Kier molecular flexibility index (Phi) is 2.81. The van der Waals surface area contributed by atoms with Gasteiger partial charge in [0, 0.05) is 27.8 Å². The molecule has 0 fully saturated rings. The van der Waals surface area contributed by atoms with Crippen molar-refractivity contribution < 1.29 is 9.59 Å². The van der Waals surface area contributed by atoms with E-state index in [1.807, 2.05) is 12.3 Å². The van der Waals surface area contributed by atoms with E-state index in [-0.39, 0.29) is 11.6 Å². The molecule has 0 atom stereocenters. The number of hydrogen-bond acceptors (Lipinski definition) is 5. The summed E-state index contributed by atoms with van der Waals surface area (Å²) in [4.78, 5) is 38.0. The fourth-order valence-corrected chi connectivity index (χ4v) is 3.96. The summed E-state index contributed by atoms with van der Waals surface area (Å²) in [5.74, 6) is 0.312. The SMILES string of the molecule is Cc1csc(-c2nc3c4c(ccc3[nH]2)C(=O)c2ccccc2C4=O)n1. The van der Waals surface area contributed by atoms with Gasteiger partial charge in [-0.3, -0.25) is 9.59 Å². The molecule has 0 spiro atoms. The number of carbonyl (C=O) groups excluding carboxylic acids is 2. The molecule has 1 aliphatic rings. The molecule has 2 aromatic carbocycles. The highest BCUT2D eigenvalue weighted by atomic mass is 32.1. The first-order valence-corrected chi connectivity index (χ1v) is 8.65. The molecule has 25 heavy (non-hydrogen) atoms. The summed E-state index contributed by atoms with van der Waals surface area (Å²) in [7, 11) is 0. The molecule has 120 valence electrons. The number of H-pyrrole nitrogens is 1. The summed E-state index contributed by atoms with van der Waals surface area (Å²) < 4.78 is 0. The number of carbonyl (C=O) groups is 2. The van der Waals surface area contributed by atoms with Gasteiger partial charge in [-0.05, 0) is 19.1 Å². The highest BCUT2D eigenvalue weighted by Crippen LogP contribution is 2.33. The molecule has 0 saturated heterocycles. The fraction of sp³-hybridized carbons (Fsp3) is 0.0526. The molecule has 1 N–H and O–H groups in total. The van der Waals surface area contributed by atoms with E-state index in [2.05, 4.69) is 15.0 Å². The van der Waals surface area contributed by atoms with Crippen molar-refractivity contribution in [3.63, 3.8) is 0 Å². The maximum Gasteiger partial charge on any atom is 0.196 e. The van der Waals surface area contributed by atoms with Gasteiger partial charge < -0.3 is 4.98 Å². The number of ketones is 2. The molecule has 0 unspecified atom stereocenters.